The van der Waals surface area contributed by atoms with Crippen molar-refractivity contribution in [2.24, 2.45) is 0 Å². The Balaban J connectivity index is 1.93. The normalized spacial score (nSPS) is 16.5. The fourth-order valence-electron chi connectivity index (χ4n) is 2.99. The first kappa shape index (κ1) is 18.2. The summed E-state index contributed by atoms with van der Waals surface area (Å²) in [6.45, 7) is 0.218. The van der Waals surface area contributed by atoms with Crippen molar-refractivity contribution in [3.8, 4) is 0 Å². The van der Waals surface area contributed by atoms with Crippen molar-refractivity contribution >= 4 is 33.2 Å². The van der Waals surface area contributed by atoms with Crippen molar-refractivity contribution < 1.29 is 13.2 Å². The highest BCUT2D eigenvalue weighted by Crippen LogP contribution is 2.24. The molecular weight excluding hydrogens is 336 g/mol. The lowest BCUT2D eigenvalue weighted by atomic mass is 9.95. The molecule has 1 aromatic carbocycles. The molecule has 1 fully saturated rings. The highest BCUT2D eigenvalue weighted by molar-refractivity contribution is 7.88. The fourth-order valence-corrected chi connectivity index (χ4v) is 4.36. The molecule has 0 aromatic heterocycles. The number of anilines is 1. The SMILES string of the molecule is CS(=O)(=O)N(CCC(=O)Nc1cccc(Cl)c1)C1CCCCC1. The fraction of sp³-hybridized carbons (Fsp3) is 0.562. The standard InChI is InChI=1S/C16H23ClN2O3S/c1-23(21,22)19(15-8-3-2-4-9-15)11-10-16(20)18-14-7-5-6-13(17)12-14/h5-7,12,15H,2-4,8-11H2,1H3,(H,18,20). The molecule has 0 heterocycles. The quantitative estimate of drug-likeness (QED) is 0.848. The van der Waals surface area contributed by atoms with E-state index in [1.165, 1.54) is 10.6 Å². The Morgan fingerprint density at radius 2 is 2.00 bits per heavy atom. The average Bonchev–Trinajstić information content (AvgIpc) is 2.47. The minimum atomic E-state index is -3.31. The average molecular weight is 359 g/mol. The van der Waals surface area contributed by atoms with E-state index in [1.54, 1.807) is 24.3 Å². The second-order valence-electron chi connectivity index (χ2n) is 5.97. The lowest BCUT2D eigenvalue weighted by Gasteiger charge is -2.32. The van der Waals surface area contributed by atoms with Crippen LogP contribution < -0.4 is 5.32 Å². The Morgan fingerprint density at radius 1 is 1.30 bits per heavy atom. The molecule has 0 radical (unpaired) electrons. The highest BCUT2D eigenvalue weighted by atomic mass is 35.5. The maximum atomic E-state index is 12.1. The van der Waals surface area contributed by atoms with E-state index in [2.05, 4.69) is 5.32 Å². The number of halogens is 1. The zero-order valence-corrected chi connectivity index (χ0v) is 14.9. The molecule has 128 valence electrons. The second-order valence-corrected chi connectivity index (χ2v) is 8.35. The van der Waals surface area contributed by atoms with Crippen molar-refractivity contribution in [2.75, 3.05) is 18.1 Å². The number of benzene rings is 1. The first-order valence-electron chi connectivity index (χ1n) is 7.88. The van der Waals surface area contributed by atoms with E-state index in [4.69, 9.17) is 11.6 Å². The largest absolute Gasteiger partial charge is 0.326 e. The third-order valence-electron chi connectivity index (χ3n) is 4.08. The molecular formula is C16H23ClN2O3S. The van der Waals surface area contributed by atoms with E-state index < -0.39 is 10.0 Å². The summed E-state index contributed by atoms with van der Waals surface area (Å²) in [7, 11) is -3.31. The zero-order chi connectivity index (χ0) is 16.9. The van der Waals surface area contributed by atoms with Gasteiger partial charge in [0.2, 0.25) is 15.9 Å². The maximum absolute atomic E-state index is 12.1. The lowest BCUT2D eigenvalue weighted by Crippen LogP contribution is -2.42. The first-order chi connectivity index (χ1) is 10.9. The molecule has 1 N–H and O–H groups in total. The van der Waals surface area contributed by atoms with Crippen LogP contribution in [0, 0.1) is 0 Å². The number of carbonyl (C=O) groups excluding carboxylic acids is 1. The number of nitrogens with one attached hydrogen (secondary N) is 1. The minimum absolute atomic E-state index is 0.0257. The monoisotopic (exact) mass is 358 g/mol. The summed E-state index contributed by atoms with van der Waals surface area (Å²) in [5.74, 6) is -0.211. The minimum Gasteiger partial charge on any atom is -0.326 e. The predicted molar refractivity (Wildman–Crippen MR) is 93.1 cm³/mol. The van der Waals surface area contributed by atoms with Crippen LogP contribution in [-0.4, -0.2) is 37.5 Å². The molecule has 0 atom stereocenters. The Bertz CT molecular complexity index is 642. The van der Waals surface area contributed by atoms with Gasteiger partial charge in [-0.15, -0.1) is 0 Å². The summed E-state index contributed by atoms with van der Waals surface area (Å²) in [5.41, 5.74) is 0.617. The maximum Gasteiger partial charge on any atom is 0.225 e. The van der Waals surface area contributed by atoms with Crippen molar-refractivity contribution in [3.05, 3.63) is 29.3 Å². The summed E-state index contributed by atoms with van der Waals surface area (Å²) < 4.78 is 25.5. The number of sulfonamides is 1. The van der Waals surface area contributed by atoms with Gasteiger partial charge in [-0.25, -0.2) is 8.42 Å². The van der Waals surface area contributed by atoms with Gasteiger partial charge in [-0.3, -0.25) is 4.79 Å². The smallest absolute Gasteiger partial charge is 0.225 e. The molecule has 1 amide bonds. The van der Waals surface area contributed by atoms with Gasteiger partial charge in [-0.1, -0.05) is 36.9 Å². The van der Waals surface area contributed by atoms with E-state index in [-0.39, 0.29) is 24.9 Å². The van der Waals surface area contributed by atoms with Crippen LogP contribution in [0.3, 0.4) is 0 Å². The van der Waals surface area contributed by atoms with Gasteiger partial charge in [-0.2, -0.15) is 4.31 Å². The van der Waals surface area contributed by atoms with Crippen molar-refractivity contribution in [2.45, 2.75) is 44.6 Å². The van der Waals surface area contributed by atoms with Crippen LogP contribution >= 0.6 is 11.6 Å². The number of rotatable bonds is 6. The Morgan fingerprint density at radius 3 is 2.61 bits per heavy atom. The van der Waals surface area contributed by atoms with Gasteiger partial charge < -0.3 is 5.32 Å². The van der Waals surface area contributed by atoms with Gasteiger partial charge in [0.1, 0.15) is 0 Å². The van der Waals surface area contributed by atoms with E-state index in [0.717, 1.165) is 32.1 Å². The zero-order valence-electron chi connectivity index (χ0n) is 13.3. The van der Waals surface area contributed by atoms with E-state index in [1.807, 2.05) is 0 Å². The molecule has 1 aliphatic carbocycles. The first-order valence-corrected chi connectivity index (χ1v) is 10.1. The number of hydrogen-bond donors (Lipinski definition) is 1. The molecule has 1 aromatic rings. The van der Waals surface area contributed by atoms with Crippen LogP contribution in [0.1, 0.15) is 38.5 Å². The van der Waals surface area contributed by atoms with Gasteiger partial charge in [0.15, 0.2) is 0 Å². The van der Waals surface area contributed by atoms with Gasteiger partial charge in [-0.05, 0) is 31.0 Å². The molecule has 1 saturated carbocycles. The van der Waals surface area contributed by atoms with E-state index in [0.29, 0.717) is 10.7 Å². The summed E-state index contributed by atoms with van der Waals surface area (Å²) in [5, 5.41) is 3.29. The van der Waals surface area contributed by atoms with Crippen LogP contribution in [0.5, 0.6) is 0 Å². The summed E-state index contributed by atoms with van der Waals surface area (Å²) in [6, 6.07) is 6.92. The predicted octanol–water partition coefficient (Wildman–Crippen LogP) is 3.26. The van der Waals surface area contributed by atoms with Gasteiger partial charge in [0, 0.05) is 29.7 Å². The molecule has 0 saturated heterocycles. The van der Waals surface area contributed by atoms with Gasteiger partial charge in [0.25, 0.3) is 0 Å². The lowest BCUT2D eigenvalue weighted by molar-refractivity contribution is -0.116. The van der Waals surface area contributed by atoms with Crippen LogP contribution in [-0.2, 0) is 14.8 Å². The summed E-state index contributed by atoms with van der Waals surface area (Å²) in [4.78, 5) is 12.1. The van der Waals surface area contributed by atoms with E-state index >= 15 is 0 Å². The molecule has 0 bridgehead atoms. The highest BCUT2D eigenvalue weighted by Gasteiger charge is 2.28. The van der Waals surface area contributed by atoms with E-state index in [9.17, 15) is 13.2 Å². The number of amides is 1. The summed E-state index contributed by atoms with van der Waals surface area (Å²) >= 11 is 5.88. The van der Waals surface area contributed by atoms with Crippen LogP contribution in [0.15, 0.2) is 24.3 Å². The van der Waals surface area contributed by atoms with Crippen molar-refractivity contribution in [1.29, 1.82) is 0 Å². The molecule has 5 nitrogen and oxygen atoms in total. The van der Waals surface area contributed by atoms with Crippen molar-refractivity contribution in [1.82, 2.24) is 4.31 Å². The third kappa shape index (κ3) is 5.79. The molecule has 0 unspecified atom stereocenters. The Labute approximate surface area is 143 Å². The molecule has 23 heavy (non-hydrogen) atoms. The van der Waals surface area contributed by atoms with Gasteiger partial charge >= 0.3 is 0 Å². The number of carbonyl (C=O) groups is 1. The Hall–Kier alpha value is -1.11. The number of nitrogens with zero attached hydrogens (tertiary/aromatic N) is 1. The third-order valence-corrected chi connectivity index (χ3v) is 5.64. The molecule has 0 spiro atoms. The summed E-state index contributed by atoms with van der Waals surface area (Å²) in [6.07, 6.45) is 6.36. The molecule has 0 aliphatic heterocycles. The molecule has 1 aliphatic rings. The molecule has 2 rings (SSSR count). The topological polar surface area (TPSA) is 66.5 Å². The second kappa shape index (κ2) is 8.13. The Kier molecular flexibility index (Phi) is 6.44. The number of hydrogen-bond acceptors (Lipinski definition) is 3. The van der Waals surface area contributed by atoms with Crippen molar-refractivity contribution in [3.63, 3.8) is 0 Å². The van der Waals surface area contributed by atoms with Gasteiger partial charge in [0.05, 0.1) is 6.26 Å². The van der Waals surface area contributed by atoms with Crippen LogP contribution in [0.25, 0.3) is 0 Å². The molecule has 7 heteroatoms. The van der Waals surface area contributed by atoms with Crippen LogP contribution in [0.2, 0.25) is 5.02 Å². The van der Waals surface area contributed by atoms with Crippen LogP contribution in [0.4, 0.5) is 5.69 Å².